The number of nitrogens with zero attached hydrogens (tertiary/aromatic N) is 1. The molecular formula is C16H26N2O. The maximum absolute atomic E-state index is 6.28. The van der Waals surface area contributed by atoms with Gasteiger partial charge in [-0.05, 0) is 37.3 Å². The van der Waals surface area contributed by atoms with E-state index in [2.05, 4.69) is 24.8 Å². The molecule has 1 fully saturated rings. The van der Waals surface area contributed by atoms with Crippen LogP contribution in [0.4, 0.5) is 11.4 Å². The highest BCUT2D eigenvalue weighted by Crippen LogP contribution is 2.35. The van der Waals surface area contributed by atoms with E-state index in [1.807, 2.05) is 12.1 Å². The second-order valence-corrected chi connectivity index (χ2v) is 5.40. The van der Waals surface area contributed by atoms with Gasteiger partial charge in [0, 0.05) is 13.1 Å². The Balaban J connectivity index is 2.14. The van der Waals surface area contributed by atoms with Crippen LogP contribution >= 0.6 is 0 Å². The summed E-state index contributed by atoms with van der Waals surface area (Å²) in [7, 11) is 0. The number of nitrogens with two attached hydrogens (primary N) is 1. The average molecular weight is 262 g/mol. The fourth-order valence-corrected chi connectivity index (χ4v) is 2.76. The van der Waals surface area contributed by atoms with Crippen LogP contribution in [0, 0.1) is 5.92 Å². The lowest BCUT2D eigenvalue weighted by Crippen LogP contribution is -2.35. The van der Waals surface area contributed by atoms with E-state index in [9.17, 15) is 0 Å². The Labute approximate surface area is 116 Å². The summed E-state index contributed by atoms with van der Waals surface area (Å²) in [6.07, 6.45) is 4.87. The second kappa shape index (κ2) is 6.69. The molecule has 2 rings (SSSR count). The van der Waals surface area contributed by atoms with E-state index in [-0.39, 0.29) is 0 Å². The first-order chi connectivity index (χ1) is 9.26. The topological polar surface area (TPSA) is 38.5 Å². The van der Waals surface area contributed by atoms with Crippen molar-refractivity contribution < 1.29 is 4.74 Å². The quantitative estimate of drug-likeness (QED) is 0.823. The molecule has 1 saturated heterocycles. The van der Waals surface area contributed by atoms with Crippen LogP contribution < -0.4 is 15.4 Å². The molecule has 1 atom stereocenters. The molecule has 0 radical (unpaired) electrons. The summed E-state index contributed by atoms with van der Waals surface area (Å²) < 4.78 is 5.72. The van der Waals surface area contributed by atoms with Gasteiger partial charge in [-0.2, -0.15) is 0 Å². The summed E-state index contributed by atoms with van der Waals surface area (Å²) in [6, 6.07) is 6.13. The molecule has 0 aliphatic carbocycles. The number of anilines is 2. The molecule has 1 aliphatic rings. The largest absolute Gasteiger partial charge is 0.491 e. The van der Waals surface area contributed by atoms with Crippen molar-refractivity contribution in [2.24, 2.45) is 5.92 Å². The van der Waals surface area contributed by atoms with Crippen molar-refractivity contribution in [1.82, 2.24) is 0 Å². The van der Waals surface area contributed by atoms with Crippen molar-refractivity contribution >= 4 is 11.4 Å². The molecule has 0 spiro atoms. The molecule has 1 heterocycles. The van der Waals surface area contributed by atoms with Gasteiger partial charge in [-0.25, -0.2) is 0 Å². The molecule has 3 nitrogen and oxygen atoms in total. The molecule has 0 bridgehead atoms. The average Bonchev–Trinajstić information content (AvgIpc) is 2.46. The van der Waals surface area contributed by atoms with Gasteiger partial charge < -0.3 is 15.4 Å². The van der Waals surface area contributed by atoms with Gasteiger partial charge in [0.2, 0.25) is 0 Å². The Bertz CT molecular complexity index is 406. The van der Waals surface area contributed by atoms with Crippen LogP contribution in [0.3, 0.4) is 0 Å². The summed E-state index contributed by atoms with van der Waals surface area (Å²) in [5.41, 5.74) is 8.22. The van der Waals surface area contributed by atoms with Crippen LogP contribution in [0.2, 0.25) is 0 Å². The monoisotopic (exact) mass is 262 g/mol. The normalized spacial score (nSPS) is 19.5. The van der Waals surface area contributed by atoms with Crippen LogP contribution in [0.1, 0.15) is 39.5 Å². The maximum atomic E-state index is 6.28. The molecule has 0 amide bonds. The van der Waals surface area contributed by atoms with Crippen LogP contribution in [0.25, 0.3) is 0 Å². The first kappa shape index (κ1) is 14.0. The zero-order chi connectivity index (χ0) is 13.7. The Hall–Kier alpha value is -1.38. The van der Waals surface area contributed by atoms with E-state index in [1.54, 1.807) is 0 Å². The fraction of sp³-hybridized carbons (Fsp3) is 0.625. The summed E-state index contributed by atoms with van der Waals surface area (Å²) in [4.78, 5) is 2.42. The Morgan fingerprint density at radius 1 is 1.37 bits per heavy atom. The minimum Gasteiger partial charge on any atom is -0.491 e. The minimum absolute atomic E-state index is 0.727. The van der Waals surface area contributed by atoms with Crippen LogP contribution in [-0.4, -0.2) is 19.7 Å². The number of hydrogen-bond acceptors (Lipinski definition) is 3. The zero-order valence-corrected chi connectivity index (χ0v) is 12.2. The van der Waals surface area contributed by atoms with Gasteiger partial charge in [0.1, 0.15) is 5.75 Å². The van der Waals surface area contributed by atoms with E-state index in [0.29, 0.717) is 0 Å². The van der Waals surface area contributed by atoms with Gasteiger partial charge in [-0.3, -0.25) is 0 Å². The molecule has 19 heavy (non-hydrogen) atoms. The number of benzene rings is 1. The van der Waals surface area contributed by atoms with Crippen molar-refractivity contribution in [2.45, 2.75) is 39.5 Å². The number of para-hydroxylation sites is 1. The second-order valence-electron chi connectivity index (χ2n) is 5.40. The lowest BCUT2D eigenvalue weighted by molar-refractivity contribution is 0.319. The van der Waals surface area contributed by atoms with E-state index in [0.717, 1.165) is 49.2 Å². The molecule has 3 heteroatoms. The SMILES string of the molecule is CCCOc1cccc(N2CCCC(CC)C2)c1N. The van der Waals surface area contributed by atoms with Gasteiger partial charge in [0.25, 0.3) is 0 Å². The van der Waals surface area contributed by atoms with E-state index < -0.39 is 0 Å². The van der Waals surface area contributed by atoms with Gasteiger partial charge in [-0.1, -0.05) is 26.3 Å². The highest BCUT2D eigenvalue weighted by Gasteiger charge is 2.21. The third kappa shape index (κ3) is 3.34. The summed E-state index contributed by atoms with van der Waals surface area (Å²) in [5, 5.41) is 0. The summed E-state index contributed by atoms with van der Waals surface area (Å²) >= 11 is 0. The Morgan fingerprint density at radius 2 is 2.21 bits per heavy atom. The lowest BCUT2D eigenvalue weighted by Gasteiger charge is -2.35. The predicted molar refractivity (Wildman–Crippen MR) is 81.9 cm³/mol. The standard InChI is InChI=1S/C16H26N2O/c1-3-11-19-15-9-5-8-14(16(15)17)18-10-6-7-13(4-2)12-18/h5,8-9,13H,3-4,6-7,10-12,17H2,1-2H3. The van der Waals surface area contributed by atoms with Gasteiger partial charge >= 0.3 is 0 Å². The first-order valence-electron chi connectivity index (χ1n) is 7.52. The molecule has 0 aromatic heterocycles. The minimum atomic E-state index is 0.727. The van der Waals surface area contributed by atoms with Gasteiger partial charge in [-0.15, -0.1) is 0 Å². The molecule has 1 aromatic carbocycles. The van der Waals surface area contributed by atoms with Crippen molar-refractivity contribution in [1.29, 1.82) is 0 Å². The van der Waals surface area contributed by atoms with E-state index in [4.69, 9.17) is 10.5 Å². The highest BCUT2D eigenvalue weighted by molar-refractivity contribution is 5.74. The molecular weight excluding hydrogens is 236 g/mol. The Morgan fingerprint density at radius 3 is 2.95 bits per heavy atom. The third-order valence-electron chi connectivity index (χ3n) is 3.94. The van der Waals surface area contributed by atoms with Crippen molar-refractivity contribution in [3.8, 4) is 5.75 Å². The van der Waals surface area contributed by atoms with Crippen molar-refractivity contribution in [3.05, 3.63) is 18.2 Å². The summed E-state index contributed by atoms with van der Waals surface area (Å²) in [5.74, 6) is 1.63. The molecule has 106 valence electrons. The van der Waals surface area contributed by atoms with Crippen molar-refractivity contribution in [2.75, 3.05) is 30.3 Å². The Kier molecular flexibility index (Phi) is 4.94. The lowest BCUT2D eigenvalue weighted by atomic mass is 9.95. The van der Waals surface area contributed by atoms with Gasteiger partial charge in [0.15, 0.2) is 0 Å². The predicted octanol–water partition coefficient (Wildman–Crippen LogP) is 3.68. The molecule has 1 unspecified atom stereocenters. The number of piperidine rings is 1. The number of nitrogen functional groups attached to an aromatic ring is 1. The molecule has 0 saturated carbocycles. The van der Waals surface area contributed by atoms with E-state index in [1.165, 1.54) is 19.3 Å². The molecule has 1 aromatic rings. The number of hydrogen-bond donors (Lipinski definition) is 1. The third-order valence-corrected chi connectivity index (χ3v) is 3.94. The number of ether oxygens (including phenoxy) is 1. The fourth-order valence-electron chi connectivity index (χ4n) is 2.76. The van der Waals surface area contributed by atoms with E-state index >= 15 is 0 Å². The maximum Gasteiger partial charge on any atom is 0.144 e. The van der Waals surface area contributed by atoms with Crippen LogP contribution in [0.5, 0.6) is 5.75 Å². The number of rotatable bonds is 5. The highest BCUT2D eigenvalue weighted by atomic mass is 16.5. The zero-order valence-electron chi connectivity index (χ0n) is 12.2. The molecule has 2 N–H and O–H groups in total. The smallest absolute Gasteiger partial charge is 0.144 e. The first-order valence-corrected chi connectivity index (χ1v) is 7.52. The van der Waals surface area contributed by atoms with Crippen LogP contribution in [0.15, 0.2) is 18.2 Å². The molecule has 1 aliphatic heterocycles. The van der Waals surface area contributed by atoms with Crippen LogP contribution in [-0.2, 0) is 0 Å². The van der Waals surface area contributed by atoms with Gasteiger partial charge in [0.05, 0.1) is 18.0 Å². The van der Waals surface area contributed by atoms with Crippen molar-refractivity contribution in [3.63, 3.8) is 0 Å². The summed E-state index contributed by atoms with van der Waals surface area (Å²) in [6.45, 7) is 7.34.